The summed E-state index contributed by atoms with van der Waals surface area (Å²) >= 11 is 6.26. The summed E-state index contributed by atoms with van der Waals surface area (Å²) in [4.78, 5) is 127. The molecule has 0 saturated carbocycles. The number of hydrogen-bond acceptors (Lipinski definition) is 12. The number of nitrogens with two attached hydrogens (primary N) is 1. The van der Waals surface area contributed by atoms with E-state index in [1.807, 2.05) is 0 Å². The Morgan fingerprint density at radius 2 is 1.54 bits per heavy atom. The van der Waals surface area contributed by atoms with Crippen molar-refractivity contribution >= 4 is 64.8 Å². The molecule has 9 atom stereocenters. The number of nitrogens with one attached hydrogen (secondary N) is 5. The zero-order valence-electron chi connectivity index (χ0n) is 38.7. The molecule has 2 aromatic rings. The van der Waals surface area contributed by atoms with Crippen LogP contribution in [0.5, 0.6) is 5.75 Å². The number of benzene rings is 2. The number of hydrogen-bond donors (Lipinski definition) is 8. The van der Waals surface area contributed by atoms with E-state index in [0.717, 1.165) is 16.7 Å². The van der Waals surface area contributed by atoms with E-state index in [1.165, 1.54) is 32.2 Å². The molecule has 0 aromatic heterocycles. The molecular weight excluding hydrogens is 892 g/mol. The second-order valence-corrected chi connectivity index (χ2v) is 18.2. The van der Waals surface area contributed by atoms with E-state index < -0.39 is 114 Å². The average Bonchev–Trinajstić information content (AvgIpc) is 3.25. The number of carbonyl (C=O) groups is 9. The number of likely N-dealkylation sites (N-methyl/N-ethyl adjacent to an activating group) is 1. The Morgan fingerprint density at radius 1 is 0.881 bits per heavy atom. The van der Waals surface area contributed by atoms with E-state index in [9.17, 15) is 48.6 Å². The van der Waals surface area contributed by atoms with Gasteiger partial charge < -0.3 is 57.1 Å². The summed E-state index contributed by atoms with van der Waals surface area (Å²) in [6.07, 6.45) is -4.10. The Bertz CT molecular complexity index is 2160. The summed E-state index contributed by atoms with van der Waals surface area (Å²) in [6, 6.07) is 2.74. The van der Waals surface area contributed by atoms with Crippen molar-refractivity contribution in [3.63, 3.8) is 0 Å². The number of phenols is 1. The molecule has 0 aliphatic carbocycles. The lowest BCUT2D eigenvalue weighted by Crippen LogP contribution is -2.65. The van der Waals surface area contributed by atoms with Crippen LogP contribution in [0.4, 0.5) is 0 Å². The van der Waals surface area contributed by atoms with E-state index in [-0.39, 0.29) is 61.6 Å². The highest BCUT2D eigenvalue weighted by Crippen LogP contribution is 2.27. The van der Waals surface area contributed by atoms with Gasteiger partial charge in [-0.25, -0.2) is 4.79 Å². The summed E-state index contributed by atoms with van der Waals surface area (Å²) in [5.41, 5.74) is 6.30. The van der Waals surface area contributed by atoms with Gasteiger partial charge in [-0.1, -0.05) is 75.7 Å². The maximum Gasteiger partial charge on any atom is 0.329 e. The Hall–Kier alpha value is -6.28. The van der Waals surface area contributed by atoms with Gasteiger partial charge in [-0.15, -0.1) is 0 Å². The summed E-state index contributed by atoms with van der Waals surface area (Å²) in [7, 11) is 1.33. The highest BCUT2D eigenvalue weighted by Gasteiger charge is 2.46. The SMILES string of the molecule is CC(=O)N[C@@H](CCC(N)=O)C(=O)N[C@@H]1C(=O)N[C@@H](CC(C)C)C(=O)N[C@@H]2CC[C@@H](O)N(C2=O)[C@H](Cc2ccccc2)C(=O)N(C)[C@@H](Cc2ccc(O)c(Cl)c2)C(=O)N[C@H](C(C)C)C(=O)O[C@@H]1C. The number of amides is 8. The number of halogens is 1. The molecule has 4 rings (SSSR count). The first-order valence-corrected chi connectivity index (χ1v) is 22.6. The number of rotatable bonds is 13. The third kappa shape index (κ3) is 14.6. The fourth-order valence-corrected chi connectivity index (χ4v) is 8.20. The minimum atomic E-state index is -1.76. The normalized spacial score (nSPS) is 25.2. The molecule has 0 radical (unpaired) electrons. The zero-order chi connectivity index (χ0) is 49.9. The first-order chi connectivity index (χ1) is 31.5. The highest BCUT2D eigenvalue weighted by atomic mass is 35.5. The fourth-order valence-electron chi connectivity index (χ4n) is 8.00. The lowest BCUT2D eigenvalue weighted by molar-refractivity contribution is -0.165. The van der Waals surface area contributed by atoms with Gasteiger partial charge in [0.15, 0.2) is 0 Å². The van der Waals surface area contributed by atoms with E-state index >= 15 is 4.79 Å². The van der Waals surface area contributed by atoms with Crippen LogP contribution in [0.1, 0.15) is 84.8 Å². The molecule has 21 heteroatoms. The molecule has 0 unspecified atom stereocenters. The average molecular weight is 956 g/mol. The third-order valence-corrected chi connectivity index (χ3v) is 11.9. The van der Waals surface area contributed by atoms with Crippen LogP contribution in [-0.4, -0.2) is 135 Å². The van der Waals surface area contributed by atoms with Gasteiger partial charge in [0, 0.05) is 33.2 Å². The van der Waals surface area contributed by atoms with Crippen LogP contribution in [0.2, 0.25) is 5.02 Å². The van der Waals surface area contributed by atoms with Crippen LogP contribution in [0, 0.1) is 11.8 Å². The van der Waals surface area contributed by atoms with E-state index in [4.69, 9.17) is 22.1 Å². The molecule has 2 heterocycles. The summed E-state index contributed by atoms with van der Waals surface area (Å²) < 4.78 is 5.82. The number of aliphatic hydroxyl groups is 1. The van der Waals surface area contributed by atoms with Gasteiger partial charge in [-0.3, -0.25) is 38.4 Å². The van der Waals surface area contributed by atoms with Crippen molar-refractivity contribution in [3.05, 3.63) is 64.7 Å². The number of cyclic esters (lactones) is 1. The molecule has 2 saturated heterocycles. The van der Waals surface area contributed by atoms with Crippen molar-refractivity contribution in [2.75, 3.05) is 7.05 Å². The van der Waals surface area contributed by atoms with Crippen molar-refractivity contribution in [3.8, 4) is 5.75 Å². The molecule has 20 nitrogen and oxygen atoms in total. The molecule has 2 aliphatic rings. The number of primary amides is 1. The number of piperidine rings is 1. The molecule has 2 fully saturated rings. The first-order valence-electron chi connectivity index (χ1n) is 22.2. The smallest absolute Gasteiger partial charge is 0.329 e. The molecule has 2 bridgehead atoms. The number of nitrogens with zero attached hydrogens (tertiary/aromatic N) is 2. The lowest BCUT2D eigenvalue weighted by Gasteiger charge is -2.43. The topological polar surface area (TPSA) is 296 Å². The number of carbonyl (C=O) groups excluding carboxylic acids is 9. The van der Waals surface area contributed by atoms with Crippen molar-refractivity contribution in [1.29, 1.82) is 0 Å². The van der Waals surface area contributed by atoms with Crippen LogP contribution in [0.25, 0.3) is 0 Å². The summed E-state index contributed by atoms with van der Waals surface area (Å²) in [6.45, 7) is 9.17. The van der Waals surface area contributed by atoms with Gasteiger partial charge in [0.25, 0.3) is 0 Å². The third-order valence-electron chi connectivity index (χ3n) is 11.6. The molecule has 2 aliphatic heterocycles. The van der Waals surface area contributed by atoms with Crippen LogP contribution in [0.15, 0.2) is 48.5 Å². The number of phenolic OH excluding ortho intramolecular Hbond substituents is 1. The molecular formula is C46H63ClN8O12. The first kappa shape index (κ1) is 53.3. The summed E-state index contributed by atoms with van der Waals surface area (Å²) in [5.74, 6) is -8.87. The van der Waals surface area contributed by atoms with Crippen LogP contribution >= 0.6 is 11.6 Å². The van der Waals surface area contributed by atoms with E-state index in [0.29, 0.717) is 11.1 Å². The Kier molecular flexibility index (Phi) is 19.1. The number of ether oxygens (including phenoxy) is 1. The van der Waals surface area contributed by atoms with Crippen LogP contribution in [-0.2, 0) is 60.7 Å². The zero-order valence-corrected chi connectivity index (χ0v) is 39.5. The van der Waals surface area contributed by atoms with Crippen LogP contribution < -0.4 is 32.3 Å². The number of aromatic hydroxyl groups is 1. The molecule has 2 aromatic carbocycles. The van der Waals surface area contributed by atoms with Crippen molar-refractivity contribution < 1.29 is 58.1 Å². The predicted octanol–water partition coefficient (Wildman–Crippen LogP) is 0.324. The maximum atomic E-state index is 15.0. The number of fused-ring (bicyclic) bond motifs is 2. The number of esters is 1. The predicted molar refractivity (Wildman–Crippen MR) is 243 cm³/mol. The largest absolute Gasteiger partial charge is 0.506 e. The minimum absolute atomic E-state index is 0.0157. The van der Waals surface area contributed by atoms with Gasteiger partial charge >= 0.3 is 5.97 Å². The molecule has 8 amide bonds. The van der Waals surface area contributed by atoms with Gasteiger partial charge in [0.05, 0.1) is 5.02 Å². The second-order valence-electron chi connectivity index (χ2n) is 17.8. The lowest BCUT2D eigenvalue weighted by atomic mass is 9.95. The Morgan fingerprint density at radius 3 is 2.13 bits per heavy atom. The molecule has 366 valence electrons. The van der Waals surface area contributed by atoms with Crippen molar-refractivity contribution in [2.24, 2.45) is 17.6 Å². The number of aliphatic hydroxyl groups excluding tert-OH is 1. The standard InChI is InChI=1S/C46H63ClN8O12/c1-23(2)19-32-41(61)50-31-15-18-37(59)55(44(31)64)34(21-27-11-9-8-10-12-27)45(65)54(7)33(22-28-13-16-35(57)29(47)20-28)42(62)52-38(24(3)4)46(66)67-25(5)39(43(63)51-32)53-40(60)30(49-26(6)56)14-17-36(48)58/h8-13,16,20,23-25,30-34,37-39,57,59H,14-15,17-19,21-22H2,1-7H3,(H2,48,58)(H,49,56)(H,50,61)(H,51,63)(H,52,62)(H,53,60)/t25-,30+,31-,32+,33+,34-,37-,38-,39+/m1/s1. The minimum Gasteiger partial charge on any atom is -0.506 e. The maximum absolute atomic E-state index is 15.0. The monoisotopic (exact) mass is 954 g/mol. The summed E-state index contributed by atoms with van der Waals surface area (Å²) in [5, 5.41) is 34.6. The van der Waals surface area contributed by atoms with E-state index in [2.05, 4.69) is 26.6 Å². The fraction of sp³-hybridized carbons (Fsp3) is 0.543. The molecule has 67 heavy (non-hydrogen) atoms. The van der Waals surface area contributed by atoms with Gasteiger partial charge in [-0.05, 0) is 67.7 Å². The molecule has 0 spiro atoms. The van der Waals surface area contributed by atoms with Gasteiger partial charge in [-0.2, -0.15) is 0 Å². The van der Waals surface area contributed by atoms with Gasteiger partial charge in [0.2, 0.25) is 47.3 Å². The molecule has 9 N–H and O–H groups in total. The second kappa shape index (κ2) is 24.0. The highest BCUT2D eigenvalue weighted by molar-refractivity contribution is 6.32. The van der Waals surface area contributed by atoms with Crippen molar-refractivity contribution in [2.45, 2.75) is 141 Å². The van der Waals surface area contributed by atoms with Crippen LogP contribution in [0.3, 0.4) is 0 Å². The van der Waals surface area contributed by atoms with E-state index in [1.54, 1.807) is 58.0 Å². The Labute approximate surface area is 394 Å². The van der Waals surface area contributed by atoms with Crippen molar-refractivity contribution in [1.82, 2.24) is 36.4 Å². The quantitative estimate of drug-likeness (QED) is 0.126. The Balaban J connectivity index is 1.89. The van der Waals surface area contributed by atoms with Gasteiger partial charge in [0.1, 0.15) is 60.4 Å².